The monoisotopic (exact) mass is 388 g/mol. The molecule has 4 nitrogen and oxygen atoms in total. The molecule has 0 unspecified atom stereocenters. The van der Waals surface area contributed by atoms with Gasteiger partial charge >= 0.3 is 0 Å². The molecule has 0 saturated heterocycles. The molecule has 6 heteroatoms. The van der Waals surface area contributed by atoms with Gasteiger partial charge in [0.15, 0.2) is 0 Å². The average molecular weight is 389 g/mol. The summed E-state index contributed by atoms with van der Waals surface area (Å²) in [6, 6.07) is 10.4. The number of pyridine rings is 1. The SMILES string of the molecule is Cc1c(Cl)cccc1NC(=O)c1cn(C(C)C)c2ccc(Cl)cc2c1=O. The van der Waals surface area contributed by atoms with E-state index in [1.807, 2.05) is 25.3 Å². The summed E-state index contributed by atoms with van der Waals surface area (Å²) in [5.41, 5.74) is 1.77. The van der Waals surface area contributed by atoms with Crippen LogP contribution in [0.3, 0.4) is 0 Å². The third-order valence-corrected chi connectivity index (χ3v) is 4.96. The van der Waals surface area contributed by atoms with Crippen molar-refractivity contribution in [3.8, 4) is 0 Å². The van der Waals surface area contributed by atoms with Gasteiger partial charge in [-0.3, -0.25) is 9.59 Å². The average Bonchev–Trinajstić information content (AvgIpc) is 2.59. The van der Waals surface area contributed by atoms with Crippen LogP contribution in [0.4, 0.5) is 5.69 Å². The standard InChI is InChI=1S/C20H18Cl2N2O2/c1-11(2)24-10-15(19(25)14-9-13(21)7-8-18(14)24)20(26)23-17-6-4-5-16(22)12(17)3/h4-11H,1-3H3,(H,23,26). The second kappa shape index (κ2) is 7.14. The summed E-state index contributed by atoms with van der Waals surface area (Å²) in [6.07, 6.45) is 1.60. The number of carbonyl (C=O) groups excluding carboxylic acids is 1. The highest BCUT2D eigenvalue weighted by Crippen LogP contribution is 2.24. The van der Waals surface area contributed by atoms with Crippen LogP contribution in [-0.2, 0) is 0 Å². The maximum atomic E-state index is 12.9. The molecule has 0 aliphatic heterocycles. The van der Waals surface area contributed by atoms with E-state index in [-0.39, 0.29) is 17.0 Å². The summed E-state index contributed by atoms with van der Waals surface area (Å²) in [5.74, 6) is -0.475. The van der Waals surface area contributed by atoms with Crippen LogP contribution in [0.5, 0.6) is 0 Å². The van der Waals surface area contributed by atoms with Crippen LogP contribution in [0.2, 0.25) is 10.0 Å². The van der Waals surface area contributed by atoms with Gasteiger partial charge in [-0.15, -0.1) is 0 Å². The molecule has 3 aromatic rings. The largest absolute Gasteiger partial charge is 0.344 e. The van der Waals surface area contributed by atoms with E-state index in [9.17, 15) is 9.59 Å². The van der Waals surface area contributed by atoms with Gasteiger partial charge in [0.25, 0.3) is 5.91 Å². The van der Waals surface area contributed by atoms with Crippen LogP contribution in [0.25, 0.3) is 10.9 Å². The number of aromatic nitrogens is 1. The quantitative estimate of drug-likeness (QED) is 0.648. The van der Waals surface area contributed by atoms with Crippen molar-refractivity contribution in [1.29, 1.82) is 0 Å². The molecule has 0 radical (unpaired) electrons. The Balaban J connectivity index is 2.15. The van der Waals surface area contributed by atoms with Crippen molar-refractivity contribution in [2.24, 2.45) is 0 Å². The number of nitrogens with zero attached hydrogens (tertiary/aromatic N) is 1. The summed E-state index contributed by atoms with van der Waals surface area (Å²) < 4.78 is 1.90. The fourth-order valence-electron chi connectivity index (χ4n) is 2.85. The van der Waals surface area contributed by atoms with Crippen molar-refractivity contribution in [3.05, 3.63) is 74.0 Å². The van der Waals surface area contributed by atoms with Gasteiger partial charge in [0.1, 0.15) is 5.56 Å². The fraction of sp³-hybridized carbons (Fsp3) is 0.200. The topological polar surface area (TPSA) is 51.1 Å². The highest BCUT2D eigenvalue weighted by molar-refractivity contribution is 6.32. The van der Waals surface area contributed by atoms with Gasteiger partial charge in [-0.2, -0.15) is 0 Å². The number of amides is 1. The van der Waals surface area contributed by atoms with E-state index in [1.165, 1.54) is 0 Å². The number of anilines is 1. The zero-order valence-corrected chi connectivity index (χ0v) is 16.2. The minimum atomic E-state index is -0.475. The molecule has 134 valence electrons. The van der Waals surface area contributed by atoms with Crippen LogP contribution in [-0.4, -0.2) is 10.5 Å². The van der Waals surface area contributed by atoms with Gasteiger partial charge in [0.05, 0.1) is 5.52 Å². The first-order valence-electron chi connectivity index (χ1n) is 8.20. The van der Waals surface area contributed by atoms with Gasteiger partial charge in [-0.25, -0.2) is 0 Å². The van der Waals surface area contributed by atoms with Gasteiger partial charge in [0, 0.05) is 33.4 Å². The highest BCUT2D eigenvalue weighted by atomic mass is 35.5. The second-order valence-electron chi connectivity index (χ2n) is 6.40. The lowest BCUT2D eigenvalue weighted by atomic mass is 10.1. The van der Waals surface area contributed by atoms with E-state index >= 15 is 0 Å². The lowest BCUT2D eigenvalue weighted by Crippen LogP contribution is -2.24. The normalized spacial score (nSPS) is 11.2. The van der Waals surface area contributed by atoms with Crippen molar-refractivity contribution in [1.82, 2.24) is 4.57 Å². The molecule has 1 aromatic heterocycles. The van der Waals surface area contributed by atoms with Crippen LogP contribution in [0.15, 0.2) is 47.4 Å². The second-order valence-corrected chi connectivity index (χ2v) is 7.24. The minimum Gasteiger partial charge on any atom is -0.344 e. The maximum Gasteiger partial charge on any atom is 0.261 e. The molecule has 3 rings (SSSR count). The number of rotatable bonds is 3. The van der Waals surface area contributed by atoms with E-state index < -0.39 is 5.91 Å². The van der Waals surface area contributed by atoms with Crippen molar-refractivity contribution in [2.75, 3.05) is 5.32 Å². The first-order valence-corrected chi connectivity index (χ1v) is 8.96. The lowest BCUT2D eigenvalue weighted by Gasteiger charge is -2.17. The number of benzene rings is 2. The van der Waals surface area contributed by atoms with Crippen molar-refractivity contribution < 1.29 is 4.79 Å². The summed E-state index contributed by atoms with van der Waals surface area (Å²) in [4.78, 5) is 25.7. The molecule has 0 aliphatic carbocycles. The van der Waals surface area contributed by atoms with Crippen molar-refractivity contribution in [3.63, 3.8) is 0 Å². The molecule has 1 N–H and O–H groups in total. The third-order valence-electron chi connectivity index (χ3n) is 4.31. The predicted molar refractivity (Wildman–Crippen MR) is 108 cm³/mol. The molecular weight excluding hydrogens is 371 g/mol. The summed E-state index contributed by atoms with van der Waals surface area (Å²) >= 11 is 12.2. The smallest absolute Gasteiger partial charge is 0.261 e. The Kier molecular flexibility index (Phi) is 5.08. The van der Waals surface area contributed by atoms with Crippen LogP contribution in [0, 0.1) is 6.92 Å². The number of hydrogen-bond acceptors (Lipinski definition) is 2. The van der Waals surface area contributed by atoms with Crippen molar-refractivity contribution >= 4 is 45.7 Å². The lowest BCUT2D eigenvalue weighted by molar-refractivity contribution is 0.102. The summed E-state index contributed by atoms with van der Waals surface area (Å²) in [7, 11) is 0. The molecule has 0 fully saturated rings. The Hall–Kier alpha value is -2.30. The maximum absolute atomic E-state index is 12.9. The molecule has 1 heterocycles. The molecule has 26 heavy (non-hydrogen) atoms. The van der Waals surface area contributed by atoms with Gasteiger partial charge < -0.3 is 9.88 Å². The Labute approximate surface area is 161 Å². The van der Waals surface area contributed by atoms with E-state index in [1.54, 1.807) is 42.6 Å². The summed E-state index contributed by atoms with van der Waals surface area (Å²) in [5, 5.41) is 4.20. The van der Waals surface area contributed by atoms with E-state index in [2.05, 4.69) is 5.32 Å². The van der Waals surface area contributed by atoms with Gasteiger partial charge in [-0.1, -0.05) is 29.3 Å². The zero-order valence-electron chi connectivity index (χ0n) is 14.6. The highest BCUT2D eigenvalue weighted by Gasteiger charge is 2.18. The number of carbonyl (C=O) groups is 1. The molecular formula is C20H18Cl2N2O2. The Morgan fingerprint density at radius 2 is 1.88 bits per heavy atom. The van der Waals surface area contributed by atoms with Crippen LogP contribution >= 0.6 is 23.2 Å². The summed E-state index contributed by atoms with van der Waals surface area (Å²) in [6.45, 7) is 5.78. The Bertz CT molecular complexity index is 1070. The van der Waals surface area contributed by atoms with Crippen molar-refractivity contribution in [2.45, 2.75) is 26.8 Å². The van der Waals surface area contributed by atoms with Crippen LogP contribution in [0.1, 0.15) is 35.8 Å². The molecule has 1 amide bonds. The minimum absolute atomic E-state index is 0.0628. The molecule has 0 spiro atoms. The van der Waals surface area contributed by atoms with E-state index in [0.29, 0.717) is 21.1 Å². The van der Waals surface area contributed by atoms with E-state index in [0.717, 1.165) is 11.1 Å². The number of halogens is 2. The molecule has 0 bridgehead atoms. The molecule has 2 aromatic carbocycles. The zero-order chi connectivity index (χ0) is 19.0. The predicted octanol–water partition coefficient (Wildman–Crippen LogP) is 5.45. The first kappa shape index (κ1) is 18.5. The first-order chi connectivity index (χ1) is 12.3. The fourth-order valence-corrected chi connectivity index (χ4v) is 3.20. The molecule has 0 atom stereocenters. The third kappa shape index (κ3) is 3.35. The number of hydrogen-bond donors (Lipinski definition) is 1. The molecule has 0 aliphatic rings. The molecule has 0 saturated carbocycles. The number of nitrogens with one attached hydrogen (secondary N) is 1. The van der Waals surface area contributed by atoms with E-state index in [4.69, 9.17) is 23.2 Å². The van der Waals surface area contributed by atoms with Gasteiger partial charge in [0.2, 0.25) is 5.43 Å². The Morgan fingerprint density at radius 1 is 1.15 bits per heavy atom. The van der Waals surface area contributed by atoms with Gasteiger partial charge in [-0.05, 0) is 56.7 Å². The number of fused-ring (bicyclic) bond motifs is 1. The van der Waals surface area contributed by atoms with Crippen LogP contribution < -0.4 is 10.7 Å². The Morgan fingerprint density at radius 3 is 2.58 bits per heavy atom.